The van der Waals surface area contributed by atoms with E-state index in [1.807, 2.05) is 12.1 Å². The van der Waals surface area contributed by atoms with Crippen molar-refractivity contribution in [3.8, 4) is 11.5 Å². The van der Waals surface area contributed by atoms with Crippen LogP contribution in [0, 0.1) is 0 Å². The lowest BCUT2D eigenvalue weighted by molar-refractivity contribution is 0.0732. The van der Waals surface area contributed by atoms with Crippen LogP contribution < -0.4 is 4.74 Å². The summed E-state index contributed by atoms with van der Waals surface area (Å²) in [6, 6.07) is 17.1. The Balaban J connectivity index is 1.94. The number of carbonyl (C=O) groups excluding carboxylic acids is 1. The number of ether oxygens (including phenoxy) is 1. The number of halogens is 1. The molecule has 0 spiro atoms. The first-order valence-corrected chi connectivity index (χ1v) is 6.71. The summed E-state index contributed by atoms with van der Waals surface area (Å²) in [7, 11) is 0. The minimum absolute atomic E-state index is 0.0768. The third-order valence-electron chi connectivity index (χ3n) is 3.14. The molecule has 104 valence electrons. The molecule has 0 saturated carbocycles. The lowest BCUT2D eigenvalue weighted by atomic mass is 10.1. The van der Waals surface area contributed by atoms with Crippen molar-refractivity contribution in [2.24, 2.45) is 0 Å². The molecule has 0 aromatic heterocycles. The monoisotopic (exact) mass is 298 g/mol. The fourth-order valence-corrected chi connectivity index (χ4v) is 2.21. The normalized spacial score (nSPS) is 10.5. The maximum absolute atomic E-state index is 12.1. The van der Waals surface area contributed by atoms with Crippen LogP contribution in [-0.4, -0.2) is 11.1 Å². The molecule has 0 unspecified atom stereocenters. The van der Waals surface area contributed by atoms with E-state index in [2.05, 4.69) is 0 Å². The molecule has 0 fully saturated rings. The first-order valence-electron chi connectivity index (χ1n) is 6.33. The van der Waals surface area contributed by atoms with Crippen LogP contribution in [0.25, 0.3) is 10.8 Å². The summed E-state index contributed by atoms with van der Waals surface area (Å²) in [4.78, 5) is 12.1. The quantitative estimate of drug-likeness (QED) is 0.563. The topological polar surface area (TPSA) is 46.5 Å². The van der Waals surface area contributed by atoms with E-state index >= 15 is 0 Å². The average Bonchev–Trinajstić information content (AvgIpc) is 2.50. The Morgan fingerprint density at radius 1 is 0.952 bits per heavy atom. The van der Waals surface area contributed by atoms with Gasteiger partial charge in [-0.1, -0.05) is 41.9 Å². The van der Waals surface area contributed by atoms with Crippen molar-refractivity contribution in [3.05, 3.63) is 71.2 Å². The van der Waals surface area contributed by atoms with Crippen LogP contribution in [0.5, 0.6) is 11.5 Å². The highest BCUT2D eigenvalue weighted by atomic mass is 35.5. The number of hydrogen-bond donors (Lipinski definition) is 1. The highest BCUT2D eigenvalue weighted by Crippen LogP contribution is 2.29. The zero-order valence-corrected chi connectivity index (χ0v) is 11.7. The van der Waals surface area contributed by atoms with Gasteiger partial charge in [0.15, 0.2) is 0 Å². The number of hydrogen-bond acceptors (Lipinski definition) is 3. The predicted octanol–water partition coefficient (Wildman–Crippen LogP) is 4.42. The molecule has 3 aromatic rings. The molecule has 0 bridgehead atoms. The van der Waals surface area contributed by atoms with Gasteiger partial charge >= 0.3 is 5.97 Å². The summed E-state index contributed by atoms with van der Waals surface area (Å²) in [6.45, 7) is 0. The minimum atomic E-state index is -0.611. The predicted molar refractivity (Wildman–Crippen MR) is 82.0 cm³/mol. The second-order valence-corrected chi connectivity index (χ2v) is 4.96. The molecule has 3 rings (SSSR count). The third-order valence-corrected chi connectivity index (χ3v) is 3.40. The summed E-state index contributed by atoms with van der Waals surface area (Å²) < 4.78 is 5.23. The Kier molecular flexibility index (Phi) is 3.50. The van der Waals surface area contributed by atoms with E-state index in [1.54, 1.807) is 48.5 Å². The Morgan fingerprint density at radius 3 is 2.43 bits per heavy atom. The van der Waals surface area contributed by atoms with Gasteiger partial charge in [-0.15, -0.1) is 0 Å². The molecule has 0 heterocycles. The highest BCUT2D eigenvalue weighted by Gasteiger charge is 2.15. The average molecular weight is 299 g/mol. The zero-order valence-electron chi connectivity index (χ0n) is 10.9. The zero-order chi connectivity index (χ0) is 14.8. The fraction of sp³-hybridized carbons (Fsp3) is 0. The van der Waals surface area contributed by atoms with Crippen molar-refractivity contribution < 1.29 is 14.6 Å². The molecular formula is C17H11ClO3. The van der Waals surface area contributed by atoms with Crippen LogP contribution in [0.4, 0.5) is 0 Å². The summed E-state index contributed by atoms with van der Waals surface area (Å²) in [6.07, 6.45) is 0. The number of phenolic OH excluding ortho intramolecular Hbond substituents is 1. The van der Waals surface area contributed by atoms with Gasteiger partial charge in [-0.3, -0.25) is 0 Å². The molecule has 1 N–H and O–H groups in total. The number of carbonyl (C=O) groups is 1. The standard InChI is InChI=1S/C17H11ClO3/c18-12-6-8-13(9-7-12)21-17(20)15-10-5-11-3-1-2-4-14(11)16(15)19/h1-10,19H. The van der Waals surface area contributed by atoms with Crippen molar-refractivity contribution >= 4 is 28.3 Å². The second kappa shape index (κ2) is 5.46. The van der Waals surface area contributed by atoms with Crippen LogP contribution in [0.15, 0.2) is 60.7 Å². The molecule has 0 saturated heterocycles. The number of phenols is 1. The first kappa shape index (κ1) is 13.5. The van der Waals surface area contributed by atoms with Gasteiger partial charge in [0, 0.05) is 10.4 Å². The maximum Gasteiger partial charge on any atom is 0.347 e. The molecule has 0 amide bonds. The maximum atomic E-state index is 12.1. The molecule has 4 heteroatoms. The van der Waals surface area contributed by atoms with Crippen LogP contribution in [0.1, 0.15) is 10.4 Å². The number of benzene rings is 3. The van der Waals surface area contributed by atoms with Gasteiger partial charge in [0.1, 0.15) is 17.1 Å². The van der Waals surface area contributed by atoms with E-state index in [0.29, 0.717) is 16.2 Å². The summed E-state index contributed by atoms with van der Waals surface area (Å²) in [5, 5.41) is 12.3. The van der Waals surface area contributed by atoms with Crippen molar-refractivity contribution in [2.75, 3.05) is 0 Å². The van der Waals surface area contributed by atoms with E-state index in [9.17, 15) is 9.90 Å². The van der Waals surface area contributed by atoms with Crippen LogP contribution in [0.3, 0.4) is 0 Å². The van der Waals surface area contributed by atoms with E-state index in [-0.39, 0.29) is 11.3 Å². The van der Waals surface area contributed by atoms with Crippen molar-refractivity contribution in [1.29, 1.82) is 0 Å². The van der Waals surface area contributed by atoms with Crippen molar-refractivity contribution in [2.45, 2.75) is 0 Å². The van der Waals surface area contributed by atoms with E-state index < -0.39 is 5.97 Å². The SMILES string of the molecule is O=C(Oc1ccc(Cl)cc1)c1ccc2ccccc2c1O. The lowest BCUT2D eigenvalue weighted by Crippen LogP contribution is -2.08. The third kappa shape index (κ3) is 2.69. The Hall–Kier alpha value is -2.52. The molecule has 0 aliphatic rings. The van der Waals surface area contributed by atoms with Crippen molar-refractivity contribution in [1.82, 2.24) is 0 Å². The highest BCUT2D eigenvalue weighted by molar-refractivity contribution is 6.30. The van der Waals surface area contributed by atoms with Gasteiger partial charge in [-0.2, -0.15) is 0 Å². The van der Waals surface area contributed by atoms with Crippen LogP contribution in [-0.2, 0) is 0 Å². The fourth-order valence-electron chi connectivity index (χ4n) is 2.08. The van der Waals surface area contributed by atoms with E-state index in [1.165, 1.54) is 0 Å². The number of aromatic hydroxyl groups is 1. The van der Waals surface area contributed by atoms with Gasteiger partial charge in [0.05, 0.1) is 0 Å². The van der Waals surface area contributed by atoms with E-state index in [0.717, 1.165) is 5.39 Å². The van der Waals surface area contributed by atoms with Gasteiger partial charge < -0.3 is 9.84 Å². The summed E-state index contributed by atoms with van der Waals surface area (Å²) in [5.41, 5.74) is 0.128. The summed E-state index contributed by atoms with van der Waals surface area (Å²) >= 11 is 5.78. The first-order chi connectivity index (χ1) is 10.1. The molecule has 3 aromatic carbocycles. The van der Waals surface area contributed by atoms with Gasteiger partial charge in [0.25, 0.3) is 0 Å². The Labute approximate surface area is 126 Å². The van der Waals surface area contributed by atoms with Crippen LogP contribution >= 0.6 is 11.6 Å². The lowest BCUT2D eigenvalue weighted by Gasteiger charge is -2.08. The molecule has 0 atom stereocenters. The molecule has 0 radical (unpaired) electrons. The van der Waals surface area contributed by atoms with Gasteiger partial charge in [0.2, 0.25) is 0 Å². The van der Waals surface area contributed by atoms with Gasteiger partial charge in [-0.25, -0.2) is 4.79 Å². The second-order valence-electron chi connectivity index (χ2n) is 4.53. The number of fused-ring (bicyclic) bond motifs is 1. The molecule has 21 heavy (non-hydrogen) atoms. The largest absolute Gasteiger partial charge is 0.506 e. The van der Waals surface area contributed by atoms with E-state index in [4.69, 9.17) is 16.3 Å². The molecular weight excluding hydrogens is 288 g/mol. The smallest absolute Gasteiger partial charge is 0.347 e. The van der Waals surface area contributed by atoms with Crippen LogP contribution in [0.2, 0.25) is 5.02 Å². The molecule has 3 nitrogen and oxygen atoms in total. The molecule has 0 aliphatic carbocycles. The summed E-state index contributed by atoms with van der Waals surface area (Å²) in [5.74, 6) is -0.315. The van der Waals surface area contributed by atoms with Gasteiger partial charge in [-0.05, 0) is 35.7 Å². The Bertz CT molecular complexity index is 810. The van der Waals surface area contributed by atoms with Crippen molar-refractivity contribution in [3.63, 3.8) is 0 Å². The Morgan fingerprint density at radius 2 is 1.67 bits per heavy atom. The molecule has 0 aliphatic heterocycles. The number of esters is 1. The minimum Gasteiger partial charge on any atom is -0.506 e. The number of rotatable bonds is 2.